The van der Waals surface area contributed by atoms with Crippen LogP contribution in [0.25, 0.3) is 10.8 Å². The number of amides is 2. The van der Waals surface area contributed by atoms with E-state index in [2.05, 4.69) is 21.0 Å². The molecule has 2 aromatic carbocycles. The zero-order valence-corrected chi connectivity index (χ0v) is 17.5. The van der Waals surface area contributed by atoms with Crippen LogP contribution in [0, 0.1) is 0 Å². The fourth-order valence-electron chi connectivity index (χ4n) is 3.35. The fourth-order valence-corrected chi connectivity index (χ4v) is 3.35. The van der Waals surface area contributed by atoms with E-state index in [9.17, 15) is 14.4 Å². The van der Waals surface area contributed by atoms with Crippen molar-refractivity contribution in [3.63, 3.8) is 0 Å². The number of aryl methyl sites for hydroxylation is 1. The summed E-state index contributed by atoms with van der Waals surface area (Å²) in [6.07, 6.45) is 3.72. The molecule has 32 heavy (non-hydrogen) atoms. The molecule has 0 fully saturated rings. The molecule has 9 heteroatoms. The SMILES string of the molecule is CCCn1nc(C(=O)NNC(=O)c2cnn(Cc3ccccc3)c2)c2ccccc2c1=O. The van der Waals surface area contributed by atoms with Gasteiger partial charge >= 0.3 is 0 Å². The van der Waals surface area contributed by atoms with Gasteiger partial charge in [0.05, 0.1) is 23.7 Å². The van der Waals surface area contributed by atoms with Crippen LogP contribution in [0.4, 0.5) is 0 Å². The molecular formula is C23H22N6O3. The molecule has 4 aromatic rings. The Balaban J connectivity index is 1.48. The maximum atomic E-state index is 12.8. The minimum absolute atomic E-state index is 0.0636. The van der Waals surface area contributed by atoms with E-state index >= 15 is 0 Å². The van der Waals surface area contributed by atoms with Crippen LogP contribution < -0.4 is 16.4 Å². The smallest absolute Gasteiger partial charge is 0.268 e. The molecular weight excluding hydrogens is 408 g/mol. The predicted octanol–water partition coefficient (Wildman–Crippen LogP) is 2.13. The summed E-state index contributed by atoms with van der Waals surface area (Å²) in [5.74, 6) is -1.13. The van der Waals surface area contributed by atoms with Gasteiger partial charge in [-0.2, -0.15) is 10.2 Å². The Morgan fingerprint density at radius 1 is 0.938 bits per heavy atom. The minimum atomic E-state index is -0.615. The van der Waals surface area contributed by atoms with E-state index in [1.807, 2.05) is 37.3 Å². The maximum Gasteiger partial charge on any atom is 0.290 e. The molecule has 0 radical (unpaired) electrons. The Morgan fingerprint density at radius 3 is 2.38 bits per heavy atom. The highest BCUT2D eigenvalue weighted by atomic mass is 16.2. The molecule has 0 unspecified atom stereocenters. The summed E-state index contributed by atoms with van der Waals surface area (Å²) < 4.78 is 2.91. The van der Waals surface area contributed by atoms with Gasteiger partial charge in [0.1, 0.15) is 0 Å². The standard InChI is InChI=1S/C23H22N6O3/c1-2-12-29-23(32)19-11-7-6-10-18(19)20(27-29)22(31)26-25-21(30)17-13-24-28(15-17)14-16-8-4-3-5-9-16/h3-11,13,15H,2,12,14H2,1H3,(H,25,30)(H,26,31). The lowest BCUT2D eigenvalue weighted by molar-refractivity contribution is 0.0843. The molecule has 2 amide bonds. The van der Waals surface area contributed by atoms with Crippen molar-refractivity contribution in [1.82, 2.24) is 30.4 Å². The average Bonchev–Trinajstić information content (AvgIpc) is 3.28. The van der Waals surface area contributed by atoms with Crippen molar-refractivity contribution in [3.05, 3.63) is 94.2 Å². The largest absolute Gasteiger partial charge is 0.290 e. The second-order valence-electron chi connectivity index (χ2n) is 7.24. The Bertz CT molecular complexity index is 1330. The molecule has 2 heterocycles. The maximum absolute atomic E-state index is 12.8. The highest BCUT2D eigenvalue weighted by molar-refractivity contribution is 6.05. The van der Waals surface area contributed by atoms with Crippen LogP contribution in [0.3, 0.4) is 0 Å². The Labute approximate surface area is 183 Å². The van der Waals surface area contributed by atoms with Gasteiger partial charge in [0, 0.05) is 18.1 Å². The summed E-state index contributed by atoms with van der Waals surface area (Å²) >= 11 is 0. The van der Waals surface area contributed by atoms with E-state index in [0.717, 1.165) is 5.56 Å². The normalized spacial score (nSPS) is 10.8. The van der Waals surface area contributed by atoms with Crippen LogP contribution in [0.15, 0.2) is 71.8 Å². The molecule has 0 aliphatic heterocycles. The van der Waals surface area contributed by atoms with Gasteiger partial charge in [0.25, 0.3) is 17.4 Å². The quantitative estimate of drug-likeness (QED) is 0.455. The van der Waals surface area contributed by atoms with Gasteiger partial charge in [-0.3, -0.25) is 29.9 Å². The molecule has 0 saturated heterocycles. The lowest BCUT2D eigenvalue weighted by Crippen LogP contribution is -2.42. The molecule has 0 saturated carbocycles. The molecule has 0 aliphatic carbocycles. The number of fused-ring (bicyclic) bond motifs is 1. The molecule has 0 bridgehead atoms. The van der Waals surface area contributed by atoms with Crippen LogP contribution in [-0.2, 0) is 13.1 Å². The van der Waals surface area contributed by atoms with Crippen LogP contribution in [0.5, 0.6) is 0 Å². The molecule has 4 rings (SSSR count). The van der Waals surface area contributed by atoms with E-state index < -0.39 is 11.8 Å². The second kappa shape index (κ2) is 9.25. The number of carbonyl (C=O) groups excluding carboxylic acids is 2. The third-order valence-corrected chi connectivity index (χ3v) is 4.89. The molecule has 9 nitrogen and oxygen atoms in total. The van der Waals surface area contributed by atoms with Crippen LogP contribution >= 0.6 is 0 Å². The van der Waals surface area contributed by atoms with Gasteiger partial charge in [-0.15, -0.1) is 0 Å². The van der Waals surface area contributed by atoms with Gasteiger partial charge in [0.2, 0.25) is 0 Å². The summed E-state index contributed by atoms with van der Waals surface area (Å²) in [6.45, 7) is 2.83. The van der Waals surface area contributed by atoms with E-state index in [1.54, 1.807) is 35.1 Å². The van der Waals surface area contributed by atoms with Crippen LogP contribution in [-0.4, -0.2) is 31.4 Å². The van der Waals surface area contributed by atoms with Crippen molar-refractivity contribution in [3.8, 4) is 0 Å². The van der Waals surface area contributed by atoms with Crippen molar-refractivity contribution in [1.29, 1.82) is 0 Å². The molecule has 0 atom stereocenters. The summed E-state index contributed by atoms with van der Waals surface area (Å²) in [5, 5.41) is 9.23. The van der Waals surface area contributed by atoms with Crippen molar-refractivity contribution in [2.45, 2.75) is 26.4 Å². The molecule has 0 spiro atoms. The first-order chi connectivity index (χ1) is 15.6. The summed E-state index contributed by atoms with van der Waals surface area (Å²) in [5.41, 5.74) is 5.93. The zero-order chi connectivity index (χ0) is 22.5. The highest BCUT2D eigenvalue weighted by Crippen LogP contribution is 2.13. The number of hydrazine groups is 1. The average molecular weight is 430 g/mol. The number of carbonyl (C=O) groups is 2. The first-order valence-corrected chi connectivity index (χ1v) is 10.2. The van der Waals surface area contributed by atoms with E-state index in [4.69, 9.17) is 0 Å². The van der Waals surface area contributed by atoms with Gasteiger partial charge in [-0.05, 0) is 18.1 Å². The van der Waals surface area contributed by atoms with E-state index in [0.29, 0.717) is 35.8 Å². The molecule has 0 aliphatic rings. The van der Waals surface area contributed by atoms with Crippen molar-refractivity contribution in [2.75, 3.05) is 0 Å². The number of aromatic nitrogens is 4. The Hall–Kier alpha value is -4.27. The van der Waals surface area contributed by atoms with E-state index in [-0.39, 0.29) is 11.3 Å². The van der Waals surface area contributed by atoms with Gasteiger partial charge in [-0.1, -0.05) is 55.5 Å². The zero-order valence-electron chi connectivity index (χ0n) is 17.5. The number of benzene rings is 2. The second-order valence-corrected chi connectivity index (χ2v) is 7.24. The van der Waals surface area contributed by atoms with Crippen molar-refractivity contribution in [2.24, 2.45) is 0 Å². The third kappa shape index (κ3) is 4.41. The lowest BCUT2D eigenvalue weighted by atomic mass is 10.1. The molecule has 2 N–H and O–H groups in total. The summed E-state index contributed by atoms with van der Waals surface area (Å²) in [6, 6.07) is 16.5. The summed E-state index contributed by atoms with van der Waals surface area (Å²) in [7, 11) is 0. The fraction of sp³-hybridized carbons (Fsp3) is 0.174. The predicted molar refractivity (Wildman–Crippen MR) is 119 cm³/mol. The van der Waals surface area contributed by atoms with Crippen molar-refractivity contribution >= 4 is 22.6 Å². The number of nitrogens with one attached hydrogen (secondary N) is 2. The first kappa shape index (κ1) is 21.0. The topological polar surface area (TPSA) is 111 Å². The van der Waals surface area contributed by atoms with Gasteiger partial charge < -0.3 is 0 Å². The monoisotopic (exact) mass is 430 g/mol. The van der Waals surface area contributed by atoms with Crippen LogP contribution in [0.2, 0.25) is 0 Å². The van der Waals surface area contributed by atoms with Crippen molar-refractivity contribution < 1.29 is 9.59 Å². The summed E-state index contributed by atoms with van der Waals surface area (Å²) in [4.78, 5) is 37.8. The van der Waals surface area contributed by atoms with Gasteiger partial charge in [-0.25, -0.2) is 4.68 Å². The Kier molecular flexibility index (Phi) is 6.07. The number of nitrogens with zero attached hydrogens (tertiary/aromatic N) is 4. The molecule has 2 aromatic heterocycles. The number of hydrogen-bond acceptors (Lipinski definition) is 5. The Morgan fingerprint density at radius 2 is 1.62 bits per heavy atom. The number of rotatable bonds is 6. The molecule has 162 valence electrons. The number of hydrogen-bond donors (Lipinski definition) is 2. The lowest BCUT2D eigenvalue weighted by Gasteiger charge is -2.11. The van der Waals surface area contributed by atoms with Gasteiger partial charge in [0.15, 0.2) is 5.69 Å². The third-order valence-electron chi connectivity index (χ3n) is 4.89. The first-order valence-electron chi connectivity index (χ1n) is 10.2. The minimum Gasteiger partial charge on any atom is -0.268 e. The highest BCUT2D eigenvalue weighted by Gasteiger charge is 2.18. The van der Waals surface area contributed by atoms with Crippen LogP contribution in [0.1, 0.15) is 39.8 Å². The van der Waals surface area contributed by atoms with E-state index in [1.165, 1.54) is 10.9 Å².